The normalized spacial score (nSPS) is 17.7. The van der Waals surface area contributed by atoms with E-state index in [-0.39, 0.29) is 0 Å². The topological polar surface area (TPSA) is 30.5 Å². The first-order valence-corrected chi connectivity index (χ1v) is 7.80. The smallest absolute Gasteiger partial charge is 0.161 e. The summed E-state index contributed by atoms with van der Waals surface area (Å²) >= 11 is 0. The van der Waals surface area contributed by atoms with Crippen molar-refractivity contribution in [2.24, 2.45) is 5.92 Å². The highest BCUT2D eigenvalue weighted by molar-refractivity contribution is 5.39. The summed E-state index contributed by atoms with van der Waals surface area (Å²) in [6, 6.07) is 8.39. The van der Waals surface area contributed by atoms with E-state index >= 15 is 0 Å². The van der Waals surface area contributed by atoms with Gasteiger partial charge in [-0.25, -0.2) is 0 Å². The molecule has 2 rings (SSSR count). The molecule has 0 spiro atoms. The van der Waals surface area contributed by atoms with Crippen LogP contribution in [0.2, 0.25) is 0 Å². The van der Waals surface area contributed by atoms with Crippen LogP contribution in [0, 0.1) is 5.92 Å². The van der Waals surface area contributed by atoms with Gasteiger partial charge < -0.3 is 14.8 Å². The first kappa shape index (κ1) is 15.2. The molecule has 1 saturated carbocycles. The molecule has 0 aliphatic heterocycles. The van der Waals surface area contributed by atoms with Crippen molar-refractivity contribution in [2.75, 3.05) is 20.3 Å². The molecule has 112 valence electrons. The molecule has 3 heteroatoms. The predicted molar refractivity (Wildman–Crippen MR) is 82.5 cm³/mol. The van der Waals surface area contributed by atoms with E-state index in [9.17, 15) is 0 Å². The van der Waals surface area contributed by atoms with E-state index < -0.39 is 0 Å². The van der Waals surface area contributed by atoms with Crippen LogP contribution in [0.1, 0.15) is 39.0 Å². The Labute approximate surface area is 122 Å². The summed E-state index contributed by atoms with van der Waals surface area (Å²) in [4.78, 5) is 0. The Morgan fingerprint density at radius 2 is 1.85 bits per heavy atom. The molecule has 20 heavy (non-hydrogen) atoms. The molecule has 1 atom stereocenters. The molecular formula is C17H27NO2. The number of benzene rings is 1. The van der Waals surface area contributed by atoms with E-state index in [2.05, 4.69) is 12.2 Å². The van der Waals surface area contributed by atoms with Crippen LogP contribution in [0.4, 0.5) is 0 Å². The fourth-order valence-electron chi connectivity index (χ4n) is 2.99. The molecule has 0 aromatic heterocycles. The second-order valence-electron chi connectivity index (χ2n) is 5.64. The third-order valence-corrected chi connectivity index (χ3v) is 4.25. The van der Waals surface area contributed by atoms with Gasteiger partial charge in [0.2, 0.25) is 0 Å². The number of rotatable bonds is 7. The predicted octanol–water partition coefficient (Wildman–Crippen LogP) is 3.63. The van der Waals surface area contributed by atoms with Crippen molar-refractivity contribution in [1.29, 1.82) is 0 Å². The molecule has 0 saturated heterocycles. The molecule has 3 nitrogen and oxygen atoms in total. The Bertz CT molecular complexity index is 388. The Hall–Kier alpha value is -1.22. The van der Waals surface area contributed by atoms with Crippen molar-refractivity contribution in [2.45, 2.75) is 45.1 Å². The van der Waals surface area contributed by atoms with E-state index in [0.717, 1.165) is 24.0 Å². The van der Waals surface area contributed by atoms with E-state index in [1.165, 1.54) is 32.1 Å². The molecule has 1 N–H and O–H groups in total. The lowest BCUT2D eigenvalue weighted by atomic mass is 9.84. The largest absolute Gasteiger partial charge is 0.493 e. The molecule has 0 bridgehead atoms. The van der Waals surface area contributed by atoms with E-state index in [4.69, 9.17) is 9.47 Å². The fraction of sp³-hybridized carbons (Fsp3) is 0.647. The summed E-state index contributed by atoms with van der Waals surface area (Å²) in [7, 11) is 1.67. The maximum Gasteiger partial charge on any atom is 0.161 e. The number of para-hydroxylation sites is 2. The second kappa shape index (κ2) is 8.15. The van der Waals surface area contributed by atoms with Crippen molar-refractivity contribution in [3.05, 3.63) is 24.3 Å². The highest BCUT2D eigenvalue weighted by atomic mass is 16.5. The third-order valence-electron chi connectivity index (χ3n) is 4.25. The van der Waals surface area contributed by atoms with Crippen LogP contribution in [0.3, 0.4) is 0 Å². The maximum atomic E-state index is 5.78. The Balaban J connectivity index is 1.68. The van der Waals surface area contributed by atoms with Gasteiger partial charge in [-0.15, -0.1) is 0 Å². The minimum absolute atomic E-state index is 0.594. The number of methoxy groups -OCH3 is 1. The molecule has 0 radical (unpaired) electrons. The minimum Gasteiger partial charge on any atom is -0.493 e. The highest BCUT2D eigenvalue weighted by Crippen LogP contribution is 2.27. The SMILES string of the molecule is COc1ccccc1OCCN[C@@H](C)C1CCCCC1. The molecule has 0 heterocycles. The van der Waals surface area contributed by atoms with Gasteiger partial charge in [-0.2, -0.15) is 0 Å². The summed E-state index contributed by atoms with van der Waals surface area (Å²) in [6.45, 7) is 3.87. The van der Waals surface area contributed by atoms with Gasteiger partial charge in [-0.05, 0) is 37.8 Å². The van der Waals surface area contributed by atoms with Crippen LogP contribution in [-0.4, -0.2) is 26.3 Å². The molecule has 1 aromatic rings. The summed E-state index contributed by atoms with van der Waals surface area (Å²) in [5, 5.41) is 3.59. The number of hydrogen-bond acceptors (Lipinski definition) is 3. The quantitative estimate of drug-likeness (QED) is 0.772. The molecule has 0 amide bonds. The first-order valence-electron chi connectivity index (χ1n) is 7.80. The molecule has 0 unspecified atom stereocenters. The van der Waals surface area contributed by atoms with Crippen molar-refractivity contribution in [1.82, 2.24) is 5.32 Å². The highest BCUT2D eigenvalue weighted by Gasteiger charge is 2.19. The lowest BCUT2D eigenvalue weighted by molar-refractivity contribution is 0.251. The summed E-state index contributed by atoms with van der Waals surface area (Å²) in [5.41, 5.74) is 0. The van der Waals surface area contributed by atoms with Gasteiger partial charge in [-0.3, -0.25) is 0 Å². The zero-order chi connectivity index (χ0) is 14.2. The van der Waals surface area contributed by atoms with Gasteiger partial charge in [0, 0.05) is 12.6 Å². The third kappa shape index (κ3) is 4.41. The Morgan fingerprint density at radius 1 is 1.15 bits per heavy atom. The summed E-state index contributed by atoms with van der Waals surface area (Å²) in [5.74, 6) is 2.46. The average Bonchev–Trinajstić information content (AvgIpc) is 2.52. The van der Waals surface area contributed by atoms with Crippen LogP contribution >= 0.6 is 0 Å². The molecule has 1 aliphatic carbocycles. The van der Waals surface area contributed by atoms with Gasteiger partial charge in [0.1, 0.15) is 6.61 Å². The lowest BCUT2D eigenvalue weighted by Gasteiger charge is -2.28. The van der Waals surface area contributed by atoms with E-state index in [0.29, 0.717) is 12.6 Å². The van der Waals surface area contributed by atoms with Gasteiger partial charge >= 0.3 is 0 Å². The molecule has 1 aliphatic rings. The summed E-state index contributed by atoms with van der Waals surface area (Å²) in [6.07, 6.45) is 6.96. The number of nitrogens with one attached hydrogen (secondary N) is 1. The van der Waals surface area contributed by atoms with Crippen LogP contribution < -0.4 is 14.8 Å². The first-order chi connectivity index (χ1) is 9.81. The Morgan fingerprint density at radius 3 is 2.55 bits per heavy atom. The summed E-state index contributed by atoms with van der Waals surface area (Å²) < 4.78 is 11.1. The number of hydrogen-bond donors (Lipinski definition) is 1. The van der Waals surface area contributed by atoms with Gasteiger partial charge in [-0.1, -0.05) is 31.4 Å². The monoisotopic (exact) mass is 277 g/mol. The minimum atomic E-state index is 0.594. The van der Waals surface area contributed by atoms with Crippen LogP contribution in [0.5, 0.6) is 11.5 Å². The molecule has 1 fully saturated rings. The van der Waals surface area contributed by atoms with Gasteiger partial charge in [0.25, 0.3) is 0 Å². The molecular weight excluding hydrogens is 250 g/mol. The zero-order valence-electron chi connectivity index (χ0n) is 12.7. The van der Waals surface area contributed by atoms with Crippen molar-refractivity contribution in [3.63, 3.8) is 0 Å². The van der Waals surface area contributed by atoms with Crippen molar-refractivity contribution >= 4 is 0 Å². The van der Waals surface area contributed by atoms with E-state index in [1.807, 2.05) is 24.3 Å². The number of ether oxygens (including phenoxy) is 2. The van der Waals surface area contributed by atoms with Crippen molar-refractivity contribution < 1.29 is 9.47 Å². The Kier molecular flexibility index (Phi) is 6.19. The lowest BCUT2D eigenvalue weighted by Crippen LogP contribution is -2.37. The van der Waals surface area contributed by atoms with Gasteiger partial charge in [0.15, 0.2) is 11.5 Å². The molecule has 1 aromatic carbocycles. The fourth-order valence-corrected chi connectivity index (χ4v) is 2.99. The van der Waals surface area contributed by atoms with E-state index in [1.54, 1.807) is 7.11 Å². The van der Waals surface area contributed by atoms with Gasteiger partial charge in [0.05, 0.1) is 7.11 Å². The van der Waals surface area contributed by atoms with Crippen molar-refractivity contribution in [3.8, 4) is 11.5 Å². The second-order valence-corrected chi connectivity index (χ2v) is 5.64. The van der Waals surface area contributed by atoms with Crippen LogP contribution in [0.15, 0.2) is 24.3 Å². The van der Waals surface area contributed by atoms with Crippen LogP contribution in [0.25, 0.3) is 0 Å². The van der Waals surface area contributed by atoms with Crippen LogP contribution in [-0.2, 0) is 0 Å². The average molecular weight is 277 g/mol. The maximum absolute atomic E-state index is 5.78. The zero-order valence-corrected chi connectivity index (χ0v) is 12.7. The standard InChI is InChI=1S/C17H27NO2/c1-14(15-8-4-3-5-9-15)18-12-13-20-17-11-7-6-10-16(17)19-2/h6-7,10-11,14-15,18H,3-5,8-9,12-13H2,1-2H3/t14-/m0/s1.